The zero-order chi connectivity index (χ0) is 23.9. The van der Waals surface area contributed by atoms with Gasteiger partial charge in [0, 0.05) is 36.2 Å². The van der Waals surface area contributed by atoms with Crippen molar-refractivity contribution in [2.75, 3.05) is 7.11 Å². The summed E-state index contributed by atoms with van der Waals surface area (Å²) in [6, 6.07) is 7.08. The lowest BCUT2D eigenvalue weighted by Gasteiger charge is -2.26. The first-order valence-electron chi connectivity index (χ1n) is 11.0. The van der Waals surface area contributed by atoms with Crippen LogP contribution >= 0.6 is 0 Å². The van der Waals surface area contributed by atoms with Crippen molar-refractivity contribution in [1.29, 1.82) is 0 Å². The van der Waals surface area contributed by atoms with E-state index in [1.54, 1.807) is 36.7 Å². The van der Waals surface area contributed by atoms with E-state index in [0.717, 1.165) is 25.5 Å². The lowest BCUT2D eigenvalue weighted by atomic mass is 9.86. The molecule has 2 fully saturated rings. The maximum atomic E-state index is 13.9. The van der Waals surface area contributed by atoms with Gasteiger partial charge in [-0.15, -0.1) is 0 Å². The molecule has 1 aromatic carbocycles. The van der Waals surface area contributed by atoms with Gasteiger partial charge in [0.05, 0.1) is 24.6 Å². The van der Waals surface area contributed by atoms with Crippen LogP contribution in [-0.4, -0.2) is 49.9 Å². The Balaban J connectivity index is 1.41. The van der Waals surface area contributed by atoms with Gasteiger partial charge in [-0.1, -0.05) is 12.1 Å². The number of rotatable bonds is 5. The highest BCUT2D eigenvalue weighted by Crippen LogP contribution is 2.45. The van der Waals surface area contributed by atoms with Crippen LogP contribution in [0.25, 0.3) is 11.4 Å². The van der Waals surface area contributed by atoms with Crippen molar-refractivity contribution in [2.45, 2.75) is 43.9 Å². The number of aromatic nitrogens is 4. The molecule has 4 heterocycles. The van der Waals surface area contributed by atoms with Gasteiger partial charge in [0.2, 0.25) is 0 Å². The van der Waals surface area contributed by atoms with Crippen LogP contribution in [-0.2, 0) is 12.6 Å². The predicted molar refractivity (Wildman–Crippen MR) is 116 cm³/mol. The molecule has 2 aliphatic rings. The average molecular weight is 469 g/mol. The van der Waals surface area contributed by atoms with E-state index in [-0.39, 0.29) is 23.9 Å². The predicted octanol–water partition coefficient (Wildman–Crippen LogP) is 4.20. The summed E-state index contributed by atoms with van der Waals surface area (Å²) in [6.07, 6.45) is 3.64. The summed E-state index contributed by atoms with van der Waals surface area (Å²) in [7, 11) is 1.52. The molecule has 5 rings (SSSR count). The fraction of sp³-hybridized carbons (Fsp3) is 0.375. The van der Waals surface area contributed by atoms with Crippen LogP contribution in [0, 0.1) is 5.92 Å². The van der Waals surface area contributed by atoms with Gasteiger partial charge >= 0.3 is 6.18 Å². The Morgan fingerprint density at radius 2 is 1.88 bits per heavy atom. The molecule has 0 spiro atoms. The topological polar surface area (TPSA) is 81.1 Å². The van der Waals surface area contributed by atoms with E-state index < -0.39 is 11.9 Å². The first kappa shape index (κ1) is 22.2. The van der Waals surface area contributed by atoms with Crippen LogP contribution in [0.1, 0.15) is 41.0 Å². The third kappa shape index (κ3) is 3.97. The quantitative estimate of drug-likeness (QED) is 0.557. The second-order valence-corrected chi connectivity index (χ2v) is 8.56. The summed E-state index contributed by atoms with van der Waals surface area (Å²) in [5.41, 5.74) is 0.505. The van der Waals surface area contributed by atoms with Crippen molar-refractivity contribution in [2.24, 2.45) is 5.92 Å². The molecule has 3 aromatic rings. The van der Waals surface area contributed by atoms with E-state index in [4.69, 9.17) is 4.74 Å². The number of ether oxygens (including phenoxy) is 1. The number of alkyl halides is 3. The number of methoxy groups -OCH3 is 1. The Labute approximate surface area is 194 Å². The molecule has 1 amide bonds. The minimum atomic E-state index is -4.52. The molecule has 176 valence electrons. The van der Waals surface area contributed by atoms with Gasteiger partial charge in [0.25, 0.3) is 5.91 Å². The van der Waals surface area contributed by atoms with E-state index >= 15 is 0 Å². The van der Waals surface area contributed by atoms with Gasteiger partial charge in [0.1, 0.15) is 5.75 Å². The first-order valence-corrected chi connectivity index (χ1v) is 11.0. The first-order chi connectivity index (χ1) is 16.4. The van der Waals surface area contributed by atoms with Gasteiger partial charge in [-0.3, -0.25) is 9.78 Å². The molecule has 0 N–H and O–H groups in total. The molecule has 2 bridgehead atoms. The summed E-state index contributed by atoms with van der Waals surface area (Å²) in [4.78, 5) is 31.9. The Morgan fingerprint density at radius 3 is 2.56 bits per heavy atom. The number of hydrogen-bond acceptors (Lipinski definition) is 6. The highest BCUT2D eigenvalue weighted by Gasteiger charge is 2.49. The average Bonchev–Trinajstić information content (AvgIpc) is 3.41. The van der Waals surface area contributed by atoms with Crippen LogP contribution in [0.15, 0.2) is 49.1 Å². The normalized spacial score (nSPS) is 21.6. The highest BCUT2D eigenvalue weighted by atomic mass is 19.4. The van der Waals surface area contributed by atoms with Crippen LogP contribution in [0.5, 0.6) is 5.75 Å². The van der Waals surface area contributed by atoms with Crippen LogP contribution in [0.4, 0.5) is 13.2 Å². The van der Waals surface area contributed by atoms with Crippen LogP contribution in [0.2, 0.25) is 0 Å². The summed E-state index contributed by atoms with van der Waals surface area (Å²) >= 11 is 0. The van der Waals surface area contributed by atoms with Crippen molar-refractivity contribution in [3.05, 3.63) is 66.0 Å². The number of amides is 1. The minimum absolute atomic E-state index is 0.0314. The van der Waals surface area contributed by atoms with Gasteiger partial charge in [-0.25, -0.2) is 15.0 Å². The molecule has 2 aromatic heterocycles. The van der Waals surface area contributed by atoms with E-state index in [9.17, 15) is 18.0 Å². The summed E-state index contributed by atoms with van der Waals surface area (Å²) < 4.78 is 43.9. The summed E-state index contributed by atoms with van der Waals surface area (Å²) in [6.45, 7) is 0. The van der Waals surface area contributed by atoms with Gasteiger partial charge < -0.3 is 9.64 Å². The van der Waals surface area contributed by atoms with Crippen molar-refractivity contribution >= 4 is 5.91 Å². The van der Waals surface area contributed by atoms with E-state index in [0.29, 0.717) is 34.8 Å². The Kier molecular flexibility index (Phi) is 5.66. The van der Waals surface area contributed by atoms with Crippen molar-refractivity contribution < 1.29 is 22.7 Å². The Hall–Kier alpha value is -3.56. The number of fused-ring (bicyclic) bond motifs is 2. The number of carbonyl (C=O) groups excluding carboxylic acids is 1. The molecular weight excluding hydrogens is 447 g/mol. The molecule has 34 heavy (non-hydrogen) atoms. The SMILES string of the molecule is COc1cccc(-c2ncccn2)c1C(=O)N1C2CCC1C(Cc1cnc(C(F)(F)F)cn1)C2. The summed E-state index contributed by atoms with van der Waals surface area (Å²) in [5.74, 6) is 0.840. The monoisotopic (exact) mass is 469 g/mol. The third-order valence-electron chi connectivity index (χ3n) is 6.63. The molecule has 10 heteroatoms. The number of carbonyl (C=O) groups is 1. The zero-order valence-electron chi connectivity index (χ0n) is 18.4. The molecule has 0 aliphatic carbocycles. The Bertz CT molecular complexity index is 1190. The van der Waals surface area contributed by atoms with Gasteiger partial charge in [0.15, 0.2) is 11.5 Å². The standard InChI is InChI=1S/C24H22F3N5O2/c1-34-19-5-2-4-17(22-28-8-3-9-29-22)21(19)23(33)32-16-6-7-18(32)14(11-16)10-15-12-31-20(13-30-15)24(25,26)27/h2-5,8-9,12-14,16,18H,6-7,10-11H2,1H3. The maximum absolute atomic E-state index is 13.9. The van der Waals surface area contributed by atoms with Crippen molar-refractivity contribution in [1.82, 2.24) is 24.8 Å². The van der Waals surface area contributed by atoms with Crippen molar-refractivity contribution in [3.8, 4) is 17.1 Å². The molecule has 7 nitrogen and oxygen atoms in total. The number of benzene rings is 1. The molecular formula is C24H22F3N5O2. The lowest BCUT2D eigenvalue weighted by molar-refractivity contribution is -0.141. The minimum Gasteiger partial charge on any atom is -0.496 e. The van der Waals surface area contributed by atoms with Gasteiger partial charge in [-0.2, -0.15) is 13.2 Å². The fourth-order valence-electron chi connectivity index (χ4n) is 5.20. The highest BCUT2D eigenvalue weighted by molar-refractivity contribution is 6.03. The van der Waals surface area contributed by atoms with Crippen molar-refractivity contribution in [3.63, 3.8) is 0 Å². The summed E-state index contributed by atoms with van der Waals surface area (Å²) in [5, 5.41) is 0. The number of hydrogen-bond donors (Lipinski definition) is 0. The second kappa shape index (κ2) is 8.66. The number of nitrogens with zero attached hydrogens (tertiary/aromatic N) is 5. The van der Waals surface area contributed by atoms with E-state index in [1.807, 2.05) is 4.90 Å². The lowest BCUT2D eigenvalue weighted by Crippen LogP contribution is -2.37. The largest absolute Gasteiger partial charge is 0.496 e. The second-order valence-electron chi connectivity index (χ2n) is 8.56. The van der Waals surface area contributed by atoms with Gasteiger partial charge in [-0.05, 0) is 43.7 Å². The molecule has 2 saturated heterocycles. The Morgan fingerprint density at radius 1 is 1.09 bits per heavy atom. The third-order valence-corrected chi connectivity index (χ3v) is 6.63. The number of halogens is 3. The van der Waals surface area contributed by atoms with E-state index in [2.05, 4.69) is 19.9 Å². The maximum Gasteiger partial charge on any atom is 0.434 e. The zero-order valence-corrected chi connectivity index (χ0v) is 18.4. The molecule has 0 radical (unpaired) electrons. The van der Waals surface area contributed by atoms with Crippen LogP contribution in [0.3, 0.4) is 0 Å². The molecule has 0 saturated carbocycles. The molecule has 2 aliphatic heterocycles. The van der Waals surface area contributed by atoms with Crippen LogP contribution < -0.4 is 4.74 Å². The fourth-order valence-corrected chi connectivity index (χ4v) is 5.20. The smallest absolute Gasteiger partial charge is 0.434 e. The molecule has 3 atom stereocenters. The van der Waals surface area contributed by atoms with E-state index in [1.165, 1.54) is 13.3 Å². The molecule has 3 unspecified atom stereocenters.